The Labute approximate surface area is 126 Å². The Morgan fingerprint density at radius 3 is 2.60 bits per heavy atom. The topological polar surface area (TPSA) is 15.6 Å². The molecule has 2 heterocycles. The largest absolute Gasteiger partial charge is 0.358 e. The van der Waals surface area contributed by atoms with Crippen molar-refractivity contribution in [2.75, 3.05) is 18.8 Å². The summed E-state index contributed by atoms with van der Waals surface area (Å²) in [5.74, 6) is 2.96. The van der Waals surface area contributed by atoms with Crippen molar-refractivity contribution in [3.63, 3.8) is 0 Å². The van der Waals surface area contributed by atoms with E-state index < -0.39 is 0 Å². The van der Waals surface area contributed by atoms with Crippen molar-refractivity contribution in [2.24, 2.45) is 4.40 Å². The lowest BCUT2D eigenvalue weighted by Gasteiger charge is -2.38. The summed E-state index contributed by atoms with van der Waals surface area (Å²) in [4.78, 5) is 2.49. The third-order valence-corrected chi connectivity index (χ3v) is 5.03. The molecule has 108 valence electrons. The average Bonchev–Trinajstić information content (AvgIpc) is 2.46. The minimum Gasteiger partial charge on any atom is -0.358 e. The van der Waals surface area contributed by atoms with Crippen LogP contribution in [0.4, 0.5) is 0 Å². The molecule has 0 bridgehead atoms. The van der Waals surface area contributed by atoms with Gasteiger partial charge < -0.3 is 4.90 Å². The summed E-state index contributed by atoms with van der Waals surface area (Å²) in [5.41, 5.74) is 3.08. The van der Waals surface area contributed by atoms with Crippen LogP contribution < -0.4 is 0 Å². The van der Waals surface area contributed by atoms with Crippen LogP contribution in [0.5, 0.6) is 0 Å². The van der Waals surface area contributed by atoms with Gasteiger partial charge in [-0.05, 0) is 41.3 Å². The van der Waals surface area contributed by atoms with E-state index in [4.69, 9.17) is 4.40 Å². The maximum atomic E-state index is 4.74. The van der Waals surface area contributed by atoms with E-state index >= 15 is 0 Å². The van der Waals surface area contributed by atoms with Crippen molar-refractivity contribution in [1.82, 2.24) is 4.90 Å². The molecule has 20 heavy (non-hydrogen) atoms. The van der Waals surface area contributed by atoms with Gasteiger partial charge in [-0.2, -0.15) is 0 Å². The summed E-state index contributed by atoms with van der Waals surface area (Å²) in [6.07, 6.45) is 2.53. The van der Waals surface area contributed by atoms with E-state index in [0.717, 1.165) is 5.75 Å². The van der Waals surface area contributed by atoms with Gasteiger partial charge >= 0.3 is 0 Å². The van der Waals surface area contributed by atoms with E-state index in [1.165, 1.54) is 42.9 Å². The molecule has 1 unspecified atom stereocenters. The Morgan fingerprint density at radius 1 is 1.15 bits per heavy atom. The molecule has 1 fully saturated rings. The third kappa shape index (κ3) is 2.73. The quantitative estimate of drug-likeness (QED) is 0.719. The number of piperidine rings is 1. The maximum Gasteiger partial charge on any atom is 0.120 e. The molecule has 2 nitrogen and oxygen atoms in total. The fourth-order valence-electron chi connectivity index (χ4n) is 3.09. The molecule has 0 radical (unpaired) electrons. The Balaban J connectivity index is 1.86. The highest BCUT2D eigenvalue weighted by Crippen LogP contribution is 2.33. The summed E-state index contributed by atoms with van der Waals surface area (Å²) in [6, 6.07) is 9.22. The van der Waals surface area contributed by atoms with Gasteiger partial charge in [0.15, 0.2) is 0 Å². The van der Waals surface area contributed by atoms with Gasteiger partial charge in [0, 0.05) is 24.8 Å². The Bertz CT molecular complexity index is 499. The zero-order valence-electron chi connectivity index (χ0n) is 12.7. The summed E-state index contributed by atoms with van der Waals surface area (Å²) in [6.45, 7) is 9.17. The first-order chi connectivity index (χ1) is 9.55. The number of hydrogen-bond donors (Lipinski definition) is 0. The van der Waals surface area contributed by atoms with Gasteiger partial charge in [0.25, 0.3) is 0 Å². The minimum absolute atomic E-state index is 0.231. The maximum absolute atomic E-state index is 4.74. The van der Waals surface area contributed by atoms with Crippen LogP contribution in [0.1, 0.15) is 50.7 Å². The first-order valence-electron chi connectivity index (χ1n) is 7.61. The smallest absolute Gasteiger partial charge is 0.120 e. The summed E-state index contributed by atoms with van der Waals surface area (Å²) in [5, 5.41) is 0. The van der Waals surface area contributed by atoms with E-state index in [1.54, 1.807) is 11.9 Å². The Kier molecular flexibility index (Phi) is 3.80. The monoisotopic (exact) mass is 288 g/mol. The van der Waals surface area contributed by atoms with Gasteiger partial charge in [0.1, 0.15) is 5.84 Å². The van der Waals surface area contributed by atoms with Crippen LogP contribution in [0.15, 0.2) is 28.7 Å². The molecular weight excluding hydrogens is 264 g/mol. The van der Waals surface area contributed by atoms with Gasteiger partial charge in [0.05, 0.1) is 0 Å². The van der Waals surface area contributed by atoms with E-state index in [2.05, 4.69) is 49.9 Å². The molecule has 0 aliphatic carbocycles. The third-order valence-electron chi connectivity index (χ3n) is 4.35. The lowest BCUT2D eigenvalue weighted by atomic mass is 9.84. The van der Waals surface area contributed by atoms with Crippen LogP contribution in [0.25, 0.3) is 0 Å². The standard InChI is InChI=1S/C17H24N2S/c1-17(2,3)14-8-6-13(7-9-14)15-5-4-10-19-11-12-20-18-16(15)19/h6-9,15H,4-5,10-12H2,1-3H3. The number of amidine groups is 1. The Morgan fingerprint density at radius 2 is 1.90 bits per heavy atom. The zero-order valence-corrected chi connectivity index (χ0v) is 13.5. The SMILES string of the molecule is CC(C)(C)c1ccc(C2CCCN3CCSN=C23)cc1. The van der Waals surface area contributed by atoms with Crippen LogP contribution in [0.3, 0.4) is 0 Å². The van der Waals surface area contributed by atoms with Crippen molar-refractivity contribution in [3.8, 4) is 0 Å². The number of hydrogen-bond acceptors (Lipinski definition) is 3. The second-order valence-corrected chi connectivity index (χ2v) is 7.69. The van der Waals surface area contributed by atoms with Crippen molar-refractivity contribution >= 4 is 17.8 Å². The van der Waals surface area contributed by atoms with Crippen LogP contribution in [0.2, 0.25) is 0 Å². The van der Waals surface area contributed by atoms with Crippen LogP contribution in [0, 0.1) is 0 Å². The second kappa shape index (κ2) is 5.44. The lowest BCUT2D eigenvalue weighted by Crippen LogP contribution is -2.43. The second-order valence-electron chi connectivity index (χ2n) is 6.84. The van der Waals surface area contributed by atoms with Crippen LogP contribution in [-0.4, -0.2) is 29.6 Å². The first-order valence-corrected chi connectivity index (χ1v) is 8.55. The highest BCUT2D eigenvalue weighted by atomic mass is 32.2. The molecule has 3 heteroatoms. The van der Waals surface area contributed by atoms with Gasteiger partial charge in [-0.3, -0.25) is 0 Å². The van der Waals surface area contributed by atoms with E-state index in [-0.39, 0.29) is 5.41 Å². The summed E-state index contributed by atoms with van der Waals surface area (Å²) in [7, 11) is 0. The molecule has 0 N–H and O–H groups in total. The highest BCUT2D eigenvalue weighted by molar-refractivity contribution is 7.98. The lowest BCUT2D eigenvalue weighted by molar-refractivity contribution is 0.371. The van der Waals surface area contributed by atoms with Crippen molar-refractivity contribution in [3.05, 3.63) is 35.4 Å². The fraction of sp³-hybridized carbons (Fsp3) is 0.588. The number of rotatable bonds is 1. The van der Waals surface area contributed by atoms with E-state index in [0.29, 0.717) is 5.92 Å². The highest BCUT2D eigenvalue weighted by Gasteiger charge is 2.29. The molecule has 0 amide bonds. The molecule has 1 saturated heterocycles. The van der Waals surface area contributed by atoms with Gasteiger partial charge in [-0.25, -0.2) is 4.40 Å². The van der Waals surface area contributed by atoms with Gasteiger partial charge in [-0.1, -0.05) is 45.0 Å². The molecule has 0 spiro atoms. The molecule has 2 aliphatic heterocycles. The Hall–Kier alpha value is -0.960. The predicted octanol–water partition coefficient (Wildman–Crippen LogP) is 4.22. The molecule has 3 rings (SSSR count). The van der Waals surface area contributed by atoms with Crippen LogP contribution >= 0.6 is 11.9 Å². The molecule has 0 aromatic heterocycles. The predicted molar refractivity (Wildman–Crippen MR) is 88.6 cm³/mol. The summed E-state index contributed by atoms with van der Waals surface area (Å²) >= 11 is 1.73. The van der Waals surface area contributed by atoms with Crippen molar-refractivity contribution < 1.29 is 0 Å². The van der Waals surface area contributed by atoms with E-state index in [9.17, 15) is 0 Å². The number of benzene rings is 1. The minimum atomic E-state index is 0.231. The van der Waals surface area contributed by atoms with Crippen LogP contribution in [-0.2, 0) is 5.41 Å². The first kappa shape index (κ1) is 14.0. The van der Waals surface area contributed by atoms with Crippen molar-refractivity contribution in [2.45, 2.75) is 44.9 Å². The molecule has 1 atom stereocenters. The van der Waals surface area contributed by atoms with Gasteiger partial charge in [0.2, 0.25) is 0 Å². The molecule has 2 aliphatic rings. The fourth-order valence-corrected chi connectivity index (χ4v) is 3.86. The number of nitrogens with zero attached hydrogens (tertiary/aromatic N) is 2. The molecular formula is C17H24N2S. The summed E-state index contributed by atoms with van der Waals surface area (Å²) < 4.78 is 4.74. The van der Waals surface area contributed by atoms with Gasteiger partial charge in [-0.15, -0.1) is 0 Å². The normalized spacial score (nSPS) is 23.2. The molecule has 0 saturated carbocycles. The molecule has 1 aromatic carbocycles. The van der Waals surface area contributed by atoms with Crippen molar-refractivity contribution in [1.29, 1.82) is 0 Å². The van der Waals surface area contributed by atoms with E-state index in [1.807, 2.05) is 0 Å². The number of fused-ring (bicyclic) bond motifs is 1. The average molecular weight is 288 g/mol. The molecule has 1 aromatic rings. The zero-order chi connectivity index (χ0) is 14.2.